The largest absolute Gasteiger partial charge is 0.506 e. The lowest BCUT2D eigenvalue weighted by Crippen LogP contribution is -2.06. The fraction of sp³-hybridized carbons (Fsp3) is 0.333. The molecule has 1 atom stereocenters. The minimum absolute atomic E-state index is 1.13. The average molecular weight is 126 g/mol. The van der Waals surface area contributed by atoms with E-state index in [0.717, 1.165) is 9.24 Å². The van der Waals surface area contributed by atoms with Gasteiger partial charge in [0.2, 0.25) is 0 Å². The standard InChI is InChI=1S/C3H5F2OP/c1-2(6)3(4,5)7/h6H,1,7H2. The second-order valence-corrected chi connectivity index (χ2v) is 1.79. The van der Waals surface area contributed by atoms with Crippen LogP contribution in [0.4, 0.5) is 8.78 Å². The van der Waals surface area contributed by atoms with E-state index in [1.165, 1.54) is 0 Å². The summed E-state index contributed by atoms with van der Waals surface area (Å²) in [5.41, 5.74) is -3.22. The predicted molar refractivity (Wildman–Crippen MR) is 26.4 cm³/mol. The summed E-state index contributed by atoms with van der Waals surface area (Å²) in [7, 11) is 1.15. The number of aliphatic hydroxyl groups is 1. The summed E-state index contributed by atoms with van der Waals surface area (Å²) < 4.78 is 22.9. The Kier molecular flexibility index (Phi) is 1.70. The maximum absolute atomic E-state index is 11.5. The van der Waals surface area contributed by atoms with Crippen LogP contribution in [0.15, 0.2) is 12.3 Å². The number of allylic oxidation sites excluding steroid dienone is 1. The van der Waals surface area contributed by atoms with Gasteiger partial charge in [-0.1, -0.05) is 15.8 Å². The van der Waals surface area contributed by atoms with Crippen molar-refractivity contribution in [3.63, 3.8) is 0 Å². The molecule has 7 heavy (non-hydrogen) atoms. The molecule has 0 saturated carbocycles. The van der Waals surface area contributed by atoms with Gasteiger partial charge in [0.1, 0.15) is 0 Å². The number of aliphatic hydroxyl groups excluding tert-OH is 1. The lowest BCUT2D eigenvalue weighted by molar-refractivity contribution is 0.0928. The zero-order chi connectivity index (χ0) is 6.08. The lowest BCUT2D eigenvalue weighted by atomic mass is 10.6. The van der Waals surface area contributed by atoms with Gasteiger partial charge in [0.15, 0.2) is 5.76 Å². The van der Waals surface area contributed by atoms with Crippen molar-refractivity contribution in [3.8, 4) is 0 Å². The maximum Gasteiger partial charge on any atom is 0.313 e. The third kappa shape index (κ3) is 2.52. The molecule has 0 aromatic rings. The third-order valence-corrected chi connectivity index (χ3v) is 0.718. The number of rotatable bonds is 1. The topological polar surface area (TPSA) is 20.2 Å². The molecule has 0 heterocycles. The Hall–Kier alpha value is -0.170. The molecule has 0 bridgehead atoms. The highest BCUT2D eigenvalue weighted by Crippen LogP contribution is 2.27. The van der Waals surface area contributed by atoms with E-state index in [1.807, 2.05) is 0 Å². The Morgan fingerprint density at radius 1 is 1.71 bits per heavy atom. The van der Waals surface area contributed by atoms with Gasteiger partial charge in [0, 0.05) is 0 Å². The van der Waals surface area contributed by atoms with Crippen molar-refractivity contribution in [2.24, 2.45) is 0 Å². The summed E-state index contributed by atoms with van der Waals surface area (Å²) in [6.45, 7) is 2.61. The van der Waals surface area contributed by atoms with Crippen LogP contribution >= 0.6 is 9.24 Å². The van der Waals surface area contributed by atoms with Gasteiger partial charge in [0.05, 0.1) is 0 Å². The molecule has 0 spiro atoms. The number of alkyl halides is 2. The summed E-state index contributed by atoms with van der Waals surface area (Å²) >= 11 is 0. The minimum atomic E-state index is -3.22. The molecule has 0 radical (unpaired) electrons. The molecule has 1 nitrogen and oxygen atoms in total. The van der Waals surface area contributed by atoms with Crippen LogP contribution in [0.5, 0.6) is 0 Å². The van der Waals surface area contributed by atoms with E-state index in [-0.39, 0.29) is 0 Å². The van der Waals surface area contributed by atoms with Crippen molar-refractivity contribution in [1.82, 2.24) is 0 Å². The first-order valence-electron chi connectivity index (χ1n) is 1.49. The monoisotopic (exact) mass is 126 g/mol. The molecule has 0 aromatic carbocycles. The van der Waals surface area contributed by atoms with Crippen molar-refractivity contribution in [3.05, 3.63) is 12.3 Å². The summed E-state index contributed by atoms with van der Waals surface area (Å²) in [6, 6.07) is 0. The van der Waals surface area contributed by atoms with Crippen molar-refractivity contribution in [2.75, 3.05) is 0 Å². The first kappa shape index (κ1) is 6.83. The van der Waals surface area contributed by atoms with Crippen LogP contribution in [0.2, 0.25) is 0 Å². The molecule has 0 aliphatic heterocycles. The molecule has 42 valence electrons. The second-order valence-electron chi connectivity index (χ2n) is 1.07. The molecule has 0 aliphatic carbocycles. The molecule has 1 unspecified atom stereocenters. The molecule has 0 aliphatic rings. The Bertz CT molecular complexity index is 85.4. The molecule has 0 aromatic heterocycles. The summed E-state index contributed by atoms with van der Waals surface area (Å²) in [5, 5.41) is 7.92. The molecular formula is C3H5F2OP. The van der Waals surface area contributed by atoms with E-state index in [4.69, 9.17) is 5.11 Å². The molecule has 0 amide bonds. The van der Waals surface area contributed by atoms with Crippen molar-refractivity contribution in [1.29, 1.82) is 0 Å². The van der Waals surface area contributed by atoms with Crippen LogP contribution in [0.1, 0.15) is 0 Å². The fourth-order valence-electron chi connectivity index (χ4n) is 0. The number of halogens is 2. The van der Waals surface area contributed by atoms with E-state index in [1.54, 1.807) is 0 Å². The van der Waals surface area contributed by atoms with E-state index < -0.39 is 11.4 Å². The fourth-order valence-corrected chi connectivity index (χ4v) is 0. The van der Waals surface area contributed by atoms with E-state index in [0.29, 0.717) is 0 Å². The maximum atomic E-state index is 11.5. The summed E-state index contributed by atoms with van der Waals surface area (Å²) in [5.74, 6) is -1.13. The first-order chi connectivity index (χ1) is 2.94. The van der Waals surface area contributed by atoms with Crippen LogP contribution in [0.3, 0.4) is 0 Å². The van der Waals surface area contributed by atoms with E-state index in [2.05, 4.69) is 6.58 Å². The van der Waals surface area contributed by atoms with E-state index >= 15 is 0 Å². The van der Waals surface area contributed by atoms with Gasteiger partial charge in [0.25, 0.3) is 0 Å². The van der Waals surface area contributed by atoms with Gasteiger partial charge >= 0.3 is 5.66 Å². The molecular weight excluding hydrogens is 121 g/mol. The van der Waals surface area contributed by atoms with Crippen LogP contribution in [0, 0.1) is 0 Å². The minimum Gasteiger partial charge on any atom is -0.506 e. The van der Waals surface area contributed by atoms with Gasteiger partial charge in [-0.2, -0.15) is 8.78 Å². The van der Waals surface area contributed by atoms with Gasteiger partial charge in [-0.15, -0.1) is 0 Å². The molecule has 0 saturated heterocycles. The zero-order valence-electron chi connectivity index (χ0n) is 3.49. The number of hydrogen-bond acceptors (Lipinski definition) is 1. The normalized spacial score (nSPS) is 11.3. The highest BCUT2D eigenvalue weighted by atomic mass is 31.0. The van der Waals surface area contributed by atoms with Crippen LogP contribution in [-0.2, 0) is 0 Å². The first-order valence-corrected chi connectivity index (χ1v) is 2.07. The SMILES string of the molecule is C=C(O)C(F)(F)P. The highest BCUT2D eigenvalue weighted by molar-refractivity contribution is 7.18. The Morgan fingerprint density at radius 2 is 1.86 bits per heavy atom. The van der Waals surface area contributed by atoms with Crippen LogP contribution in [0.25, 0.3) is 0 Å². The van der Waals surface area contributed by atoms with Crippen LogP contribution < -0.4 is 0 Å². The summed E-state index contributed by atoms with van der Waals surface area (Å²) in [6.07, 6.45) is 0. The number of hydrogen-bond donors (Lipinski definition) is 1. The van der Waals surface area contributed by atoms with Crippen molar-refractivity contribution >= 4 is 9.24 Å². The van der Waals surface area contributed by atoms with Gasteiger partial charge in [-0.05, 0) is 0 Å². The highest BCUT2D eigenvalue weighted by Gasteiger charge is 2.24. The third-order valence-electron chi connectivity index (χ3n) is 0.385. The van der Waals surface area contributed by atoms with E-state index in [9.17, 15) is 8.78 Å². The predicted octanol–water partition coefficient (Wildman–Crippen LogP) is 1.53. The smallest absolute Gasteiger partial charge is 0.313 e. The van der Waals surface area contributed by atoms with Crippen molar-refractivity contribution in [2.45, 2.75) is 5.66 Å². The van der Waals surface area contributed by atoms with Crippen LogP contribution in [-0.4, -0.2) is 10.8 Å². The zero-order valence-corrected chi connectivity index (χ0v) is 4.64. The Morgan fingerprint density at radius 3 is 1.86 bits per heavy atom. The quantitative estimate of drug-likeness (QED) is 0.417. The molecule has 0 fully saturated rings. The summed E-state index contributed by atoms with van der Waals surface area (Å²) in [4.78, 5) is 0. The van der Waals surface area contributed by atoms with Crippen molar-refractivity contribution < 1.29 is 13.9 Å². The Labute approximate surface area is 42.2 Å². The Balaban J connectivity index is 3.79. The second kappa shape index (κ2) is 1.74. The van der Waals surface area contributed by atoms with Gasteiger partial charge in [-0.25, -0.2) is 0 Å². The molecule has 1 N–H and O–H groups in total. The van der Waals surface area contributed by atoms with Gasteiger partial charge in [-0.3, -0.25) is 0 Å². The average Bonchev–Trinajstić information content (AvgIpc) is 1.31. The molecule has 4 heteroatoms. The molecule has 0 rings (SSSR count). The lowest BCUT2D eigenvalue weighted by Gasteiger charge is -2.04. The van der Waals surface area contributed by atoms with Gasteiger partial charge < -0.3 is 5.11 Å².